The average Bonchev–Trinajstić information content (AvgIpc) is 2.67. The van der Waals surface area contributed by atoms with Gasteiger partial charge >= 0.3 is 5.97 Å². The van der Waals surface area contributed by atoms with Gasteiger partial charge in [-0.05, 0) is 31.6 Å². The zero-order valence-corrected chi connectivity index (χ0v) is 8.71. The van der Waals surface area contributed by atoms with Crippen LogP contribution in [-0.4, -0.2) is 29.4 Å². The topological polar surface area (TPSA) is 55.0 Å². The average molecular weight is 212 g/mol. The van der Waals surface area contributed by atoms with Gasteiger partial charge in [0.15, 0.2) is 0 Å². The number of aromatic amines is 1. The summed E-state index contributed by atoms with van der Waals surface area (Å²) in [4.78, 5) is 11.3. The lowest BCUT2D eigenvalue weighted by molar-refractivity contribution is 0.0519. The molecule has 1 aromatic rings. The van der Waals surface area contributed by atoms with Gasteiger partial charge < -0.3 is 4.74 Å². The van der Waals surface area contributed by atoms with E-state index in [0.717, 1.165) is 0 Å². The van der Waals surface area contributed by atoms with E-state index in [0.29, 0.717) is 17.9 Å². The Bertz CT molecular complexity index is 371. The quantitative estimate of drug-likeness (QED) is 0.776. The second-order valence-corrected chi connectivity index (χ2v) is 2.93. The highest BCUT2D eigenvalue weighted by molar-refractivity contribution is 5.88. The molecule has 5 heteroatoms. The van der Waals surface area contributed by atoms with Crippen molar-refractivity contribution in [2.45, 2.75) is 13.8 Å². The zero-order valence-electron chi connectivity index (χ0n) is 8.71. The number of hydrogen-bond acceptors (Lipinski definition) is 3. The van der Waals surface area contributed by atoms with E-state index in [9.17, 15) is 9.18 Å². The zero-order chi connectivity index (χ0) is 11.3. The minimum atomic E-state index is -0.548. The van der Waals surface area contributed by atoms with Crippen molar-refractivity contribution in [3.05, 3.63) is 23.5 Å². The Balaban J connectivity index is 2.80. The third-order valence-electron chi connectivity index (χ3n) is 1.86. The van der Waals surface area contributed by atoms with Gasteiger partial charge in [-0.25, -0.2) is 9.18 Å². The van der Waals surface area contributed by atoms with E-state index in [-0.39, 0.29) is 5.69 Å². The number of aromatic nitrogens is 2. The van der Waals surface area contributed by atoms with Crippen molar-refractivity contribution in [3.63, 3.8) is 0 Å². The lowest BCUT2D eigenvalue weighted by Gasteiger charge is -1.96. The molecule has 0 bridgehead atoms. The molecule has 15 heavy (non-hydrogen) atoms. The summed E-state index contributed by atoms with van der Waals surface area (Å²) in [5.41, 5.74) is 1.51. The first kappa shape index (κ1) is 11.4. The molecule has 0 amide bonds. The molecule has 0 aromatic carbocycles. The van der Waals surface area contributed by atoms with Crippen molar-refractivity contribution in [2.75, 3.05) is 13.3 Å². The maximum atomic E-state index is 12.0. The van der Waals surface area contributed by atoms with E-state index in [4.69, 9.17) is 4.74 Å². The van der Waals surface area contributed by atoms with Gasteiger partial charge in [0.1, 0.15) is 12.4 Å². The summed E-state index contributed by atoms with van der Waals surface area (Å²) in [5.74, 6) is -0.454. The van der Waals surface area contributed by atoms with E-state index in [1.54, 1.807) is 19.9 Å². The number of alkyl halides is 1. The maximum absolute atomic E-state index is 12.0. The molecule has 0 aliphatic heterocycles. The molecule has 82 valence electrons. The number of halogens is 1. The molecule has 0 aliphatic carbocycles. The molecule has 0 fully saturated rings. The molecule has 0 radical (unpaired) electrons. The Kier molecular flexibility index (Phi) is 4.03. The molecule has 0 aliphatic rings. The summed E-state index contributed by atoms with van der Waals surface area (Å²) in [6, 6.07) is 1.54. The van der Waals surface area contributed by atoms with Gasteiger partial charge in [-0.3, -0.25) is 5.10 Å². The molecular formula is C10H13FN2O2. The number of nitrogens with zero attached hydrogens (tertiary/aromatic N) is 1. The van der Waals surface area contributed by atoms with Crippen LogP contribution >= 0.6 is 0 Å². The molecule has 1 N–H and O–H groups in total. The van der Waals surface area contributed by atoms with Crippen LogP contribution in [0.3, 0.4) is 0 Å². The predicted octanol–water partition coefficient (Wildman–Crippen LogP) is 1.96. The van der Waals surface area contributed by atoms with Gasteiger partial charge in [-0.15, -0.1) is 0 Å². The van der Waals surface area contributed by atoms with E-state index in [1.807, 2.05) is 0 Å². The third kappa shape index (κ3) is 2.90. The van der Waals surface area contributed by atoms with Crippen molar-refractivity contribution < 1.29 is 13.9 Å². The number of hydrogen-bond donors (Lipinski definition) is 1. The number of nitrogens with one attached hydrogen (secondary N) is 1. The summed E-state index contributed by atoms with van der Waals surface area (Å²) in [6.07, 6.45) is 1.39. The second-order valence-electron chi connectivity index (χ2n) is 2.93. The van der Waals surface area contributed by atoms with Crippen LogP contribution in [0.5, 0.6) is 0 Å². The molecule has 4 nitrogen and oxygen atoms in total. The van der Waals surface area contributed by atoms with Crippen molar-refractivity contribution in [1.82, 2.24) is 10.2 Å². The molecule has 0 atom stereocenters. The predicted molar refractivity (Wildman–Crippen MR) is 54.2 cm³/mol. The number of ether oxygens (including phenoxy) is 1. The van der Waals surface area contributed by atoms with Crippen molar-refractivity contribution in [3.8, 4) is 0 Å². The monoisotopic (exact) mass is 212 g/mol. The van der Waals surface area contributed by atoms with Crippen LogP contribution in [0.15, 0.2) is 12.1 Å². The number of carbonyl (C=O) groups is 1. The molecule has 1 heterocycles. The van der Waals surface area contributed by atoms with E-state index in [2.05, 4.69) is 10.2 Å². The van der Waals surface area contributed by atoms with Crippen LogP contribution in [-0.2, 0) is 4.74 Å². The first-order valence-corrected chi connectivity index (χ1v) is 4.64. The Labute approximate surface area is 87.1 Å². The van der Waals surface area contributed by atoms with Crippen LogP contribution in [0.4, 0.5) is 4.39 Å². The number of H-pyrrole nitrogens is 1. The first-order valence-electron chi connectivity index (χ1n) is 4.64. The SMILES string of the molecule is CCOC(=O)c1cc(/C(C)=C/CF)n[nH]1. The van der Waals surface area contributed by atoms with Gasteiger partial charge in [0.25, 0.3) is 0 Å². The Morgan fingerprint density at radius 3 is 3.07 bits per heavy atom. The number of carbonyl (C=O) groups excluding carboxylic acids is 1. The summed E-state index contributed by atoms with van der Waals surface area (Å²) >= 11 is 0. The number of allylic oxidation sites excluding steroid dienone is 2. The minimum Gasteiger partial charge on any atom is -0.461 e. The summed E-state index contributed by atoms with van der Waals surface area (Å²) in [5, 5.41) is 6.42. The number of rotatable bonds is 4. The Hall–Kier alpha value is -1.65. The summed E-state index contributed by atoms with van der Waals surface area (Å²) < 4.78 is 16.8. The minimum absolute atomic E-state index is 0.276. The normalized spacial score (nSPS) is 11.5. The highest BCUT2D eigenvalue weighted by Gasteiger charge is 2.10. The Morgan fingerprint density at radius 2 is 2.47 bits per heavy atom. The standard InChI is InChI=1S/C10H13FN2O2/c1-3-15-10(14)9-6-8(12-13-9)7(2)4-5-11/h4,6H,3,5H2,1-2H3,(H,12,13)/b7-4+. The van der Waals surface area contributed by atoms with Gasteiger partial charge in [-0.2, -0.15) is 5.10 Å². The van der Waals surface area contributed by atoms with Gasteiger partial charge in [0.2, 0.25) is 0 Å². The Morgan fingerprint density at radius 1 is 1.73 bits per heavy atom. The molecule has 0 saturated carbocycles. The maximum Gasteiger partial charge on any atom is 0.356 e. The largest absolute Gasteiger partial charge is 0.461 e. The first-order chi connectivity index (χ1) is 7.19. The molecule has 1 rings (SSSR count). The molecule has 1 aromatic heterocycles. The van der Waals surface area contributed by atoms with Gasteiger partial charge in [0.05, 0.1) is 12.3 Å². The van der Waals surface area contributed by atoms with E-state index < -0.39 is 12.6 Å². The van der Waals surface area contributed by atoms with E-state index in [1.165, 1.54) is 6.08 Å². The van der Waals surface area contributed by atoms with Gasteiger partial charge in [-0.1, -0.05) is 0 Å². The summed E-state index contributed by atoms with van der Waals surface area (Å²) in [6.45, 7) is 3.22. The highest BCUT2D eigenvalue weighted by Crippen LogP contribution is 2.12. The van der Waals surface area contributed by atoms with Crippen molar-refractivity contribution in [2.24, 2.45) is 0 Å². The highest BCUT2D eigenvalue weighted by atomic mass is 19.1. The fourth-order valence-electron chi connectivity index (χ4n) is 1.06. The molecule has 0 spiro atoms. The second kappa shape index (κ2) is 5.29. The van der Waals surface area contributed by atoms with E-state index >= 15 is 0 Å². The van der Waals surface area contributed by atoms with Crippen LogP contribution < -0.4 is 0 Å². The lowest BCUT2D eigenvalue weighted by Crippen LogP contribution is -2.04. The smallest absolute Gasteiger partial charge is 0.356 e. The molecule has 0 saturated heterocycles. The molecule has 0 unspecified atom stereocenters. The third-order valence-corrected chi connectivity index (χ3v) is 1.86. The van der Waals surface area contributed by atoms with Gasteiger partial charge in [0, 0.05) is 0 Å². The van der Waals surface area contributed by atoms with Crippen molar-refractivity contribution in [1.29, 1.82) is 0 Å². The fraction of sp³-hybridized carbons (Fsp3) is 0.400. The summed E-state index contributed by atoms with van der Waals surface area (Å²) in [7, 11) is 0. The van der Waals surface area contributed by atoms with Crippen LogP contribution in [0.2, 0.25) is 0 Å². The van der Waals surface area contributed by atoms with Crippen LogP contribution in [0, 0.1) is 0 Å². The lowest BCUT2D eigenvalue weighted by atomic mass is 10.2. The van der Waals surface area contributed by atoms with Crippen LogP contribution in [0.25, 0.3) is 5.57 Å². The van der Waals surface area contributed by atoms with Crippen LogP contribution in [0.1, 0.15) is 30.0 Å². The fourth-order valence-corrected chi connectivity index (χ4v) is 1.06. The number of esters is 1. The van der Waals surface area contributed by atoms with Crippen molar-refractivity contribution >= 4 is 11.5 Å². The molecular weight excluding hydrogens is 199 g/mol.